The third kappa shape index (κ3) is 3.02. The van der Waals surface area contributed by atoms with Gasteiger partial charge >= 0.3 is 0 Å². The van der Waals surface area contributed by atoms with E-state index in [9.17, 15) is 13.6 Å². The molecule has 0 unspecified atom stereocenters. The van der Waals surface area contributed by atoms with E-state index in [0.29, 0.717) is 13.1 Å². The van der Waals surface area contributed by atoms with E-state index in [4.69, 9.17) is 0 Å². The zero-order valence-corrected chi connectivity index (χ0v) is 11.1. The molecule has 2 nitrogen and oxygen atoms in total. The smallest absolute Gasteiger partial charge is 0.257 e. The molecule has 0 aliphatic heterocycles. The van der Waals surface area contributed by atoms with Crippen molar-refractivity contribution < 1.29 is 13.6 Å². The minimum atomic E-state index is -1.09. The van der Waals surface area contributed by atoms with Gasteiger partial charge in [0.15, 0.2) is 11.6 Å². The van der Waals surface area contributed by atoms with Crippen LogP contribution in [0.5, 0.6) is 0 Å². The standard InChI is InChI=1S/C16H15F2NO/c1-2-19(11-12-7-4-3-5-8-12)16(20)13-9-6-10-14(17)15(13)18/h3-10H,2,11H2,1H3. The van der Waals surface area contributed by atoms with Crippen LogP contribution in [-0.2, 0) is 6.54 Å². The Morgan fingerprint density at radius 3 is 2.40 bits per heavy atom. The number of carbonyl (C=O) groups is 1. The Morgan fingerprint density at radius 2 is 1.75 bits per heavy atom. The van der Waals surface area contributed by atoms with Gasteiger partial charge in [0.05, 0.1) is 5.56 Å². The van der Waals surface area contributed by atoms with Crippen LogP contribution in [0.1, 0.15) is 22.8 Å². The monoisotopic (exact) mass is 275 g/mol. The first-order valence-electron chi connectivity index (χ1n) is 6.40. The highest BCUT2D eigenvalue weighted by atomic mass is 19.2. The van der Waals surface area contributed by atoms with Crippen LogP contribution in [0.25, 0.3) is 0 Å². The summed E-state index contributed by atoms with van der Waals surface area (Å²) < 4.78 is 26.9. The van der Waals surface area contributed by atoms with Crippen LogP contribution >= 0.6 is 0 Å². The molecule has 20 heavy (non-hydrogen) atoms. The summed E-state index contributed by atoms with van der Waals surface area (Å²) in [6.07, 6.45) is 0. The van der Waals surface area contributed by atoms with Crippen molar-refractivity contribution in [2.45, 2.75) is 13.5 Å². The van der Waals surface area contributed by atoms with E-state index in [2.05, 4.69) is 0 Å². The lowest BCUT2D eigenvalue weighted by molar-refractivity contribution is 0.0746. The van der Waals surface area contributed by atoms with Gasteiger partial charge in [-0.25, -0.2) is 8.78 Å². The van der Waals surface area contributed by atoms with Crippen LogP contribution in [0.2, 0.25) is 0 Å². The first-order chi connectivity index (χ1) is 9.63. The molecule has 0 aromatic heterocycles. The van der Waals surface area contributed by atoms with Gasteiger partial charge in [-0.1, -0.05) is 36.4 Å². The highest BCUT2D eigenvalue weighted by Gasteiger charge is 2.20. The molecule has 0 N–H and O–H groups in total. The largest absolute Gasteiger partial charge is 0.335 e. The van der Waals surface area contributed by atoms with Crippen molar-refractivity contribution in [1.29, 1.82) is 0 Å². The van der Waals surface area contributed by atoms with E-state index < -0.39 is 17.5 Å². The van der Waals surface area contributed by atoms with Crippen molar-refractivity contribution in [3.8, 4) is 0 Å². The number of benzene rings is 2. The normalized spacial score (nSPS) is 10.3. The van der Waals surface area contributed by atoms with Crippen molar-refractivity contribution in [3.63, 3.8) is 0 Å². The molecule has 0 aliphatic carbocycles. The number of carbonyl (C=O) groups excluding carboxylic acids is 1. The first kappa shape index (κ1) is 14.2. The van der Waals surface area contributed by atoms with Crippen molar-refractivity contribution in [1.82, 2.24) is 4.90 Å². The third-order valence-corrected chi connectivity index (χ3v) is 3.07. The minimum absolute atomic E-state index is 0.234. The number of halogens is 2. The van der Waals surface area contributed by atoms with E-state index >= 15 is 0 Å². The van der Waals surface area contributed by atoms with Gasteiger partial charge in [0.2, 0.25) is 0 Å². The summed E-state index contributed by atoms with van der Waals surface area (Å²) in [5, 5.41) is 0. The molecule has 0 radical (unpaired) electrons. The van der Waals surface area contributed by atoms with E-state index in [1.165, 1.54) is 17.0 Å². The number of hydrogen-bond donors (Lipinski definition) is 0. The molecule has 2 aromatic carbocycles. The van der Waals surface area contributed by atoms with Crippen LogP contribution in [-0.4, -0.2) is 17.4 Å². The molecule has 1 amide bonds. The second-order valence-electron chi connectivity index (χ2n) is 4.41. The molecule has 0 saturated carbocycles. The van der Waals surface area contributed by atoms with E-state index in [-0.39, 0.29) is 5.56 Å². The van der Waals surface area contributed by atoms with Crippen LogP contribution < -0.4 is 0 Å². The zero-order chi connectivity index (χ0) is 14.5. The van der Waals surface area contributed by atoms with Gasteiger partial charge in [0.25, 0.3) is 5.91 Å². The molecule has 2 rings (SSSR count). The molecule has 2 aromatic rings. The number of hydrogen-bond acceptors (Lipinski definition) is 1. The van der Waals surface area contributed by atoms with E-state index in [1.807, 2.05) is 30.3 Å². The van der Waals surface area contributed by atoms with Crippen molar-refractivity contribution in [2.24, 2.45) is 0 Å². The number of nitrogens with zero attached hydrogens (tertiary/aromatic N) is 1. The molecular formula is C16H15F2NO. The maximum atomic E-state index is 13.7. The van der Waals surface area contributed by atoms with E-state index in [1.54, 1.807) is 6.92 Å². The van der Waals surface area contributed by atoms with Crippen molar-refractivity contribution >= 4 is 5.91 Å². The first-order valence-corrected chi connectivity index (χ1v) is 6.40. The van der Waals surface area contributed by atoms with Gasteiger partial charge in [0, 0.05) is 13.1 Å². The Hall–Kier alpha value is -2.23. The molecule has 0 fully saturated rings. The lowest BCUT2D eigenvalue weighted by Crippen LogP contribution is -2.31. The maximum absolute atomic E-state index is 13.7. The summed E-state index contributed by atoms with van der Waals surface area (Å²) >= 11 is 0. The molecule has 0 spiro atoms. The highest BCUT2D eigenvalue weighted by molar-refractivity contribution is 5.94. The van der Waals surface area contributed by atoms with Gasteiger partial charge in [-0.05, 0) is 24.6 Å². The minimum Gasteiger partial charge on any atom is -0.335 e. The second kappa shape index (κ2) is 6.28. The molecule has 0 saturated heterocycles. The zero-order valence-electron chi connectivity index (χ0n) is 11.1. The van der Waals surface area contributed by atoms with Gasteiger partial charge < -0.3 is 4.90 Å². The number of amides is 1. The average Bonchev–Trinajstić information content (AvgIpc) is 2.48. The highest BCUT2D eigenvalue weighted by Crippen LogP contribution is 2.15. The van der Waals surface area contributed by atoms with Crippen LogP contribution in [0.15, 0.2) is 48.5 Å². The average molecular weight is 275 g/mol. The lowest BCUT2D eigenvalue weighted by atomic mass is 10.1. The van der Waals surface area contributed by atoms with Crippen molar-refractivity contribution in [2.75, 3.05) is 6.54 Å². The predicted molar refractivity (Wildman–Crippen MR) is 73.2 cm³/mol. The molecule has 0 bridgehead atoms. The summed E-state index contributed by atoms with van der Waals surface area (Å²) in [6, 6.07) is 13.0. The van der Waals surface area contributed by atoms with Crippen LogP contribution in [0.4, 0.5) is 8.78 Å². The fraction of sp³-hybridized carbons (Fsp3) is 0.188. The molecule has 104 valence electrons. The van der Waals surface area contributed by atoms with Crippen LogP contribution in [0, 0.1) is 11.6 Å². The molecule has 0 aliphatic rings. The summed E-state index contributed by atoms with van der Waals surface area (Å²) in [5.41, 5.74) is 0.710. The Kier molecular flexibility index (Phi) is 4.45. The van der Waals surface area contributed by atoms with Gasteiger partial charge in [0.1, 0.15) is 0 Å². The third-order valence-electron chi connectivity index (χ3n) is 3.07. The summed E-state index contributed by atoms with van der Waals surface area (Å²) in [5.74, 6) is -2.61. The molecule has 0 atom stereocenters. The second-order valence-corrected chi connectivity index (χ2v) is 4.41. The Bertz CT molecular complexity index is 599. The summed E-state index contributed by atoms with van der Waals surface area (Å²) in [6.45, 7) is 2.59. The maximum Gasteiger partial charge on any atom is 0.257 e. The lowest BCUT2D eigenvalue weighted by Gasteiger charge is -2.21. The Morgan fingerprint density at radius 1 is 1.05 bits per heavy atom. The molecular weight excluding hydrogens is 260 g/mol. The SMILES string of the molecule is CCN(Cc1ccccc1)C(=O)c1cccc(F)c1F. The van der Waals surface area contributed by atoms with E-state index in [0.717, 1.165) is 11.6 Å². The Labute approximate surface area is 116 Å². The van der Waals surface area contributed by atoms with Gasteiger partial charge in [-0.3, -0.25) is 4.79 Å². The molecule has 0 heterocycles. The fourth-order valence-electron chi connectivity index (χ4n) is 1.97. The topological polar surface area (TPSA) is 20.3 Å². The Balaban J connectivity index is 2.23. The summed E-state index contributed by atoms with van der Waals surface area (Å²) in [4.78, 5) is 13.8. The predicted octanol–water partition coefficient (Wildman–Crippen LogP) is 3.63. The quantitative estimate of drug-likeness (QED) is 0.834. The fourth-order valence-corrected chi connectivity index (χ4v) is 1.97. The molecule has 4 heteroatoms. The van der Waals surface area contributed by atoms with Crippen molar-refractivity contribution in [3.05, 3.63) is 71.3 Å². The number of rotatable bonds is 4. The van der Waals surface area contributed by atoms with Crippen LogP contribution in [0.3, 0.4) is 0 Å². The van der Waals surface area contributed by atoms with Gasteiger partial charge in [-0.15, -0.1) is 0 Å². The summed E-state index contributed by atoms with van der Waals surface area (Å²) in [7, 11) is 0. The van der Waals surface area contributed by atoms with Gasteiger partial charge in [-0.2, -0.15) is 0 Å².